The predicted octanol–water partition coefficient (Wildman–Crippen LogP) is 3.60. The van der Waals surface area contributed by atoms with Crippen LogP contribution in [0.5, 0.6) is 0 Å². The second-order valence-corrected chi connectivity index (χ2v) is 8.50. The van der Waals surface area contributed by atoms with E-state index in [4.69, 9.17) is 5.10 Å². The Morgan fingerprint density at radius 2 is 1.89 bits per heavy atom. The number of piperazine rings is 1. The molecule has 1 saturated heterocycles. The number of likely N-dealkylation sites (N-methyl/N-ethyl adjacent to an activating group) is 1. The summed E-state index contributed by atoms with van der Waals surface area (Å²) in [5.41, 5.74) is 4.72. The van der Waals surface area contributed by atoms with Crippen molar-refractivity contribution < 1.29 is 4.79 Å². The summed E-state index contributed by atoms with van der Waals surface area (Å²) in [5, 5.41) is 4.70. The number of nitrogens with zero attached hydrogens (tertiary/aromatic N) is 4. The van der Waals surface area contributed by atoms with Crippen molar-refractivity contribution in [2.45, 2.75) is 53.1 Å². The summed E-state index contributed by atoms with van der Waals surface area (Å²) in [6.45, 7) is 12.1. The van der Waals surface area contributed by atoms with Crippen molar-refractivity contribution in [2.75, 3.05) is 26.7 Å². The molecule has 5 nitrogen and oxygen atoms in total. The monoisotopic (exact) mass is 382 g/mol. The quantitative estimate of drug-likeness (QED) is 0.766. The molecule has 0 saturated carbocycles. The first-order valence-corrected chi connectivity index (χ1v) is 10.4. The van der Waals surface area contributed by atoms with E-state index in [2.05, 4.69) is 73.5 Å². The fourth-order valence-corrected chi connectivity index (χ4v) is 4.17. The molecule has 1 aromatic heterocycles. The Morgan fingerprint density at radius 1 is 1.18 bits per heavy atom. The van der Waals surface area contributed by atoms with Crippen LogP contribution in [0.15, 0.2) is 30.3 Å². The number of aromatic nitrogens is 2. The second kappa shape index (κ2) is 8.91. The van der Waals surface area contributed by atoms with Gasteiger partial charge in [0.2, 0.25) is 5.91 Å². The molecule has 0 spiro atoms. The smallest absolute Gasteiger partial charge is 0.223 e. The molecule has 3 rings (SSSR count). The molecule has 2 heterocycles. The highest BCUT2D eigenvalue weighted by Crippen LogP contribution is 2.26. The fraction of sp³-hybridized carbons (Fsp3) is 0.565. The van der Waals surface area contributed by atoms with E-state index in [1.807, 2.05) is 6.07 Å². The van der Waals surface area contributed by atoms with Crippen LogP contribution < -0.4 is 0 Å². The van der Waals surface area contributed by atoms with Crippen LogP contribution in [-0.2, 0) is 17.8 Å². The number of amides is 1. The van der Waals surface area contributed by atoms with Crippen molar-refractivity contribution in [2.24, 2.45) is 5.92 Å². The summed E-state index contributed by atoms with van der Waals surface area (Å²) in [5.74, 6) is 0.807. The Morgan fingerprint density at radius 3 is 2.57 bits per heavy atom. The number of hydrogen-bond acceptors (Lipinski definition) is 3. The zero-order chi connectivity index (χ0) is 20.3. The van der Waals surface area contributed by atoms with Crippen molar-refractivity contribution in [3.8, 4) is 0 Å². The first-order valence-electron chi connectivity index (χ1n) is 10.4. The summed E-state index contributed by atoms with van der Waals surface area (Å²) >= 11 is 0. The van der Waals surface area contributed by atoms with Crippen LogP contribution in [0.4, 0.5) is 0 Å². The first kappa shape index (κ1) is 20.6. The SMILES string of the molecule is Cc1nn(CC(C)C)c(C)c1CCC(=O)N1CCN(C)CC1c1ccccc1. The lowest BCUT2D eigenvalue weighted by molar-refractivity contribution is -0.136. The van der Waals surface area contributed by atoms with E-state index in [1.54, 1.807) is 0 Å². The molecule has 1 aliphatic rings. The van der Waals surface area contributed by atoms with Gasteiger partial charge in [-0.25, -0.2) is 0 Å². The third-order valence-corrected chi connectivity index (χ3v) is 5.75. The van der Waals surface area contributed by atoms with Crippen LogP contribution in [0.2, 0.25) is 0 Å². The van der Waals surface area contributed by atoms with Gasteiger partial charge in [0.15, 0.2) is 0 Å². The van der Waals surface area contributed by atoms with E-state index >= 15 is 0 Å². The van der Waals surface area contributed by atoms with Gasteiger partial charge in [0.1, 0.15) is 0 Å². The van der Waals surface area contributed by atoms with Gasteiger partial charge in [-0.3, -0.25) is 9.48 Å². The summed E-state index contributed by atoms with van der Waals surface area (Å²) in [7, 11) is 2.13. The number of benzene rings is 1. The largest absolute Gasteiger partial charge is 0.333 e. The zero-order valence-corrected chi connectivity index (χ0v) is 18.0. The summed E-state index contributed by atoms with van der Waals surface area (Å²) < 4.78 is 2.10. The van der Waals surface area contributed by atoms with Crippen molar-refractivity contribution in [1.82, 2.24) is 19.6 Å². The molecule has 0 aliphatic carbocycles. The second-order valence-electron chi connectivity index (χ2n) is 8.50. The van der Waals surface area contributed by atoms with Gasteiger partial charge < -0.3 is 9.80 Å². The third kappa shape index (κ3) is 4.64. The highest BCUT2D eigenvalue weighted by Gasteiger charge is 2.30. The standard InChI is InChI=1S/C23H34N4O/c1-17(2)15-27-19(4)21(18(3)24-27)11-12-23(28)26-14-13-25(5)16-22(26)20-9-7-6-8-10-20/h6-10,17,22H,11-16H2,1-5H3. The van der Waals surface area contributed by atoms with Gasteiger partial charge in [0.05, 0.1) is 11.7 Å². The number of carbonyl (C=O) groups excluding carboxylic acids is 1. The molecule has 28 heavy (non-hydrogen) atoms. The Hall–Kier alpha value is -2.14. The minimum absolute atomic E-state index is 0.137. The van der Waals surface area contributed by atoms with Crippen molar-refractivity contribution in [1.29, 1.82) is 0 Å². The van der Waals surface area contributed by atoms with E-state index in [0.717, 1.165) is 38.3 Å². The Balaban J connectivity index is 1.71. The van der Waals surface area contributed by atoms with E-state index in [1.165, 1.54) is 16.8 Å². The molecule has 5 heteroatoms. The number of aryl methyl sites for hydroxylation is 1. The van der Waals surface area contributed by atoms with E-state index in [-0.39, 0.29) is 11.9 Å². The number of carbonyl (C=O) groups is 1. The summed E-state index contributed by atoms with van der Waals surface area (Å²) in [6, 6.07) is 10.6. The maximum atomic E-state index is 13.1. The summed E-state index contributed by atoms with van der Waals surface area (Å²) in [4.78, 5) is 17.5. The topological polar surface area (TPSA) is 41.4 Å². The van der Waals surface area contributed by atoms with E-state index in [0.29, 0.717) is 12.3 Å². The van der Waals surface area contributed by atoms with Gasteiger partial charge in [-0.1, -0.05) is 44.2 Å². The Bertz CT molecular complexity index is 796. The fourth-order valence-electron chi connectivity index (χ4n) is 4.17. The maximum Gasteiger partial charge on any atom is 0.223 e. The molecule has 0 N–H and O–H groups in total. The van der Waals surface area contributed by atoms with Gasteiger partial charge in [-0.15, -0.1) is 0 Å². The highest BCUT2D eigenvalue weighted by molar-refractivity contribution is 5.77. The molecule has 2 aromatic rings. The maximum absolute atomic E-state index is 13.1. The Labute approximate surface area is 169 Å². The average Bonchev–Trinajstić information content (AvgIpc) is 2.93. The molecule has 1 fully saturated rings. The first-order chi connectivity index (χ1) is 13.4. The molecule has 1 atom stereocenters. The lowest BCUT2D eigenvalue weighted by Gasteiger charge is -2.40. The van der Waals surface area contributed by atoms with Gasteiger partial charge in [0.25, 0.3) is 0 Å². The van der Waals surface area contributed by atoms with Crippen LogP contribution in [0.3, 0.4) is 0 Å². The third-order valence-electron chi connectivity index (χ3n) is 5.75. The molecule has 1 amide bonds. The normalized spacial score (nSPS) is 18.1. The van der Waals surface area contributed by atoms with Crippen LogP contribution in [0.25, 0.3) is 0 Å². The molecular weight excluding hydrogens is 348 g/mol. The lowest BCUT2D eigenvalue weighted by atomic mass is 10.0. The van der Waals surface area contributed by atoms with Crippen molar-refractivity contribution in [3.63, 3.8) is 0 Å². The molecule has 0 radical (unpaired) electrons. The predicted molar refractivity (Wildman–Crippen MR) is 113 cm³/mol. The van der Waals surface area contributed by atoms with Crippen LogP contribution in [-0.4, -0.2) is 52.2 Å². The lowest BCUT2D eigenvalue weighted by Crippen LogP contribution is -2.49. The number of hydrogen-bond donors (Lipinski definition) is 0. The van der Waals surface area contributed by atoms with Gasteiger partial charge in [-0.05, 0) is 44.4 Å². The van der Waals surface area contributed by atoms with Crippen LogP contribution in [0.1, 0.15) is 48.8 Å². The molecule has 1 aliphatic heterocycles. The minimum Gasteiger partial charge on any atom is -0.333 e. The van der Waals surface area contributed by atoms with E-state index < -0.39 is 0 Å². The van der Waals surface area contributed by atoms with Crippen molar-refractivity contribution in [3.05, 3.63) is 52.8 Å². The average molecular weight is 383 g/mol. The summed E-state index contributed by atoms with van der Waals surface area (Å²) in [6.07, 6.45) is 1.31. The Kier molecular flexibility index (Phi) is 6.55. The van der Waals surface area contributed by atoms with Gasteiger partial charge in [0, 0.05) is 38.3 Å². The minimum atomic E-state index is 0.137. The van der Waals surface area contributed by atoms with E-state index in [9.17, 15) is 4.79 Å². The highest BCUT2D eigenvalue weighted by atomic mass is 16.2. The molecule has 0 bridgehead atoms. The van der Waals surface area contributed by atoms with Crippen LogP contribution in [0, 0.1) is 19.8 Å². The van der Waals surface area contributed by atoms with Crippen molar-refractivity contribution >= 4 is 5.91 Å². The number of rotatable bonds is 6. The molecule has 1 aromatic carbocycles. The zero-order valence-electron chi connectivity index (χ0n) is 18.0. The molecule has 152 valence electrons. The van der Waals surface area contributed by atoms with Crippen LogP contribution >= 0.6 is 0 Å². The van der Waals surface area contributed by atoms with Gasteiger partial charge in [-0.2, -0.15) is 5.10 Å². The van der Waals surface area contributed by atoms with Gasteiger partial charge >= 0.3 is 0 Å². The molecule has 1 unspecified atom stereocenters. The molecular formula is C23H34N4O.